The minimum absolute atomic E-state index is 0.148. The van der Waals surface area contributed by atoms with Crippen LogP contribution < -0.4 is 0 Å². The molecule has 0 N–H and O–H groups in total. The molecular weight excluding hydrogens is 236 g/mol. The van der Waals surface area contributed by atoms with Gasteiger partial charge in [-0.3, -0.25) is 4.79 Å². The number of carbonyl (C=O) groups excluding carboxylic acids is 2. The Morgan fingerprint density at radius 3 is 2.22 bits per heavy atom. The van der Waals surface area contributed by atoms with E-state index in [1.807, 2.05) is 0 Å². The van der Waals surface area contributed by atoms with E-state index in [4.69, 9.17) is 14.2 Å². The van der Waals surface area contributed by atoms with Gasteiger partial charge < -0.3 is 14.2 Å². The van der Waals surface area contributed by atoms with E-state index in [1.165, 1.54) is 0 Å². The van der Waals surface area contributed by atoms with Crippen LogP contribution in [0.4, 0.5) is 0 Å². The maximum atomic E-state index is 11.2. The van der Waals surface area contributed by atoms with Gasteiger partial charge >= 0.3 is 11.9 Å². The van der Waals surface area contributed by atoms with E-state index < -0.39 is 5.97 Å². The van der Waals surface area contributed by atoms with Gasteiger partial charge in [0.2, 0.25) is 0 Å². The fraction of sp³-hybridized carbons (Fsp3) is 0.692. The molecule has 0 aliphatic heterocycles. The van der Waals surface area contributed by atoms with Crippen molar-refractivity contribution in [2.45, 2.75) is 39.9 Å². The van der Waals surface area contributed by atoms with Gasteiger partial charge in [0.05, 0.1) is 18.6 Å². The van der Waals surface area contributed by atoms with Crippen molar-refractivity contribution in [1.82, 2.24) is 0 Å². The molecule has 0 aliphatic carbocycles. The molecule has 0 radical (unpaired) electrons. The number of carbonyl (C=O) groups is 2. The van der Waals surface area contributed by atoms with Gasteiger partial charge in [0.25, 0.3) is 0 Å². The van der Waals surface area contributed by atoms with Gasteiger partial charge in [-0.2, -0.15) is 0 Å². The van der Waals surface area contributed by atoms with Crippen molar-refractivity contribution in [2.75, 3.05) is 13.2 Å². The molecule has 0 saturated heterocycles. The summed E-state index contributed by atoms with van der Waals surface area (Å²) in [6, 6.07) is 0. The van der Waals surface area contributed by atoms with Gasteiger partial charge in [0.1, 0.15) is 12.7 Å². The summed E-state index contributed by atoms with van der Waals surface area (Å²) in [6.07, 6.45) is 0.501. The smallest absolute Gasteiger partial charge is 0.330 e. The standard InChI is InChI=1S/C13H22O5/c1-6-12(14)18-11(5)8-16-10(4)7-17-13(15)9(2)3/h6,9-11H,1,7-8H2,2-5H3. The van der Waals surface area contributed by atoms with E-state index in [0.29, 0.717) is 0 Å². The summed E-state index contributed by atoms with van der Waals surface area (Å²) in [5.74, 6) is -0.883. The van der Waals surface area contributed by atoms with Crippen LogP contribution in [0.2, 0.25) is 0 Å². The van der Waals surface area contributed by atoms with Gasteiger partial charge in [0, 0.05) is 6.08 Å². The van der Waals surface area contributed by atoms with Crippen LogP contribution in [-0.4, -0.2) is 37.4 Å². The molecule has 104 valence electrons. The van der Waals surface area contributed by atoms with Crippen molar-refractivity contribution in [1.29, 1.82) is 0 Å². The van der Waals surface area contributed by atoms with Crippen LogP contribution in [-0.2, 0) is 23.8 Å². The maximum absolute atomic E-state index is 11.2. The van der Waals surface area contributed by atoms with Crippen molar-refractivity contribution >= 4 is 11.9 Å². The molecule has 5 heteroatoms. The third-order valence-corrected chi connectivity index (χ3v) is 2.03. The third kappa shape index (κ3) is 7.84. The maximum Gasteiger partial charge on any atom is 0.330 e. The Labute approximate surface area is 108 Å². The number of esters is 2. The molecular formula is C13H22O5. The predicted molar refractivity (Wildman–Crippen MR) is 67.0 cm³/mol. The highest BCUT2D eigenvalue weighted by Crippen LogP contribution is 2.01. The molecule has 0 fully saturated rings. The first-order valence-electron chi connectivity index (χ1n) is 5.98. The summed E-state index contributed by atoms with van der Waals surface area (Å²) in [6.45, 7) is 10.8. The number of ether oxygens (including phenoxy) is 3. The molecule has 0 spiro atoms. The lowest BCUT2D eigenvalue weighted by Crippen LogP contribution is -2.26. The molecule has 2 atom stereocenters. The monoisotopic (exact) mass is 258 g/mol. The SMILES string of the molecule is C=CC(=O)OC(C)COC(C)COC(=O)C(C)C. The molecule has 0 aliphatic rings. The molecule has 0 aromatic heterocycles. The molecule has 0 aromatic carbocycles. The number of rotatable bonds is 8. The number of hydrogen-bond acceptors (Lipinski definition) is 5. The van der Waals surface area contributed by atoms with Crippen molar-refractivity contribution in [3.05, 3.63) is 12.7 Å². The van der Waals surface area contributed by atoms with Gasteiger partial charge in [-0.15, -0.1) is 0 Å². The first-order chi connectivity index (χ1) is 8.36. The summed E-state index contributed by atoms with van der Waals surface area (Å²) in [5.41, 5.74) is 0. The minimum atomic E-state index is -0.481. The van der Waals surface area contributed by atoms with Crippen LogP contribution >= 0.6 is 0 Å². The Bertz CT molecular complexity index is 285. The van der Waals surface area contributed by atoms with E-state index in [1.54, 1.807) is 27.7 Å². The lowest BCUT2D eigenvalue weighted by molar-refractivity contribution is -0.153. The molecule has 0 heterocycles. The summed E-state index contributed by atoms with van der Waals surface area (Å²) in [4.78, 5) is 22.1. The highest BCUT2D eigenvalue weighted by molar-refractivity contribution is 5.81. The summed E-state index contributed by atoms with van der Waals surface area (Å²) in [7, 11) is 0. The van der Waals surface area contributed by atoms with Crippen molar-refractivity contribution in [3.63, 3.8) is 0 Å². The fourth-order valence-corrected chi connectivity index (χ4v) is 0.994. The topological polar surface area (TPSA) is 61.8 Å². The summed E-state index contributed by atoms with van der Waals surface area (Å²) < 4.78 is 15.3. The zero-order valence-corrected chi connectivity index (χ0v) is 11.5. The molecule has 0 rings (SSSR count). The zero-order chi connectivity index (χ0) is 14.1. The Kier molecular flexibility index (Phi) is 8.03. The first-order valence-corrected chi connectivity index (χ1v) is 5.98. The molecule has 2 unspecified atom stereocenters. The molecule has 0 bridgehead atoms. The van der Waals surface area contributed by atoms with Crippen LogP contribution in [0.25, 0.3) is 0 Å². The minimum Gasteiger partial charge on any atom is -0.463 e. The van der Waals surface area contributed by atoms with E-state index in [2.05, 4.69) is 6.58 Å². The van der Waals surface area contributed by atoms with Crippen LogP contribution in [0.5, 0.6) is 0 Å². The highest BCUT2D eigenvalue weighted by atomic mass is 16.6. The summed E-state index contributed by atoms with van der Waals surface area (Å²) >= 11 is 0. The molecule has 5 nitrogen and oxygen atoms in total. The Hall–Kier alpha value is -1.36. The van der Waals surface area contributed by atoms with E-state index in [9.17, 15) is 9.59 Å². The lowest BCUT2D eigenvalue weighted by Gasteiger charge is -2.17. The number of hydrogen-bond donors (Lipinski definition) is 0. The Balaban J connectivity index is 3.76. The normalized spacial score (nSPS) is 13.8. The van der Waals surface area contributed by atoms with Crippen LogP contribution in [0.15, 0.2) is 12.7 Å². The fourth-order valence-electron chi connectivity index (χ4n) is 0.994. The highest BCUT2D eigenvalue weighted by Gasteiger charge is 2.13. The predicted octanol–water partition coefficient (Wildman–Crippen LogP) is 1.71. The van der Waals surface area contributed by atoms with E-state index in [0.717, 1.165) is 6.08 Å². The van der Waals surface area contributed by atoms with E-state index >= 15 is 0 Å². The molecule has 0 aromatic rings. The molecule has 0 saturated carbocycles. The second-order valence-electron chi connectivity index (χ2n) is 4.38. The lowest BCUT2D eigenvalue weighted by atomic mass is 10.2. The van der Waals surface area contributed by atoms with Crippen molar-refractivity contribution < 1.29 is 23.8 Å². The van der Waals surface area contributed by atoms with E-state index in [-0.39, 0.29) is 37.3 Å². The van der Waals surface area contributed by atoms with Crippen LogP contribution in [0.3, 0.4) is 0 Å². The Morgan fingerprint density at radius 1 is 1.11 bits per heavy atom. The van der Waals surface area contributed by atoms with Crippen LogP contribution in [0, 0.1) is 5.92 Å². The largest absolute Gasteiger partial charge is 0.463 e. The summed E-state index contributed by atoms with van der Waals surface area (Å²) in [5, 5.41) is 0. The van der Waals surface area contributed by atoms with Crippen molar-refractivity contribution in [3.8, 4) is 0 Å². The van der Waals surface area contributed by atoms with Gasteiger partial charge in [0.15, 0.2) is 0 Å². The van der Waals surface area contributed by atoms with Gasteiger partial charge in [-0.1, -0.05) is 20.4 Å². The third-order valence-electron chi connectivity index (χ3n) is 2.03. The zero-order valence-electron chi connectivity index (χ0n) is 11.5. The van der Waals surface area contributed by atoms with Crippen molar-refractivity contribution in [2.24, 2.45) is 5.92 Å². The molecule has 0 amide bonds. The first kappa shape index (κ1) is 16.6. The molecule has 18 heavy (non-hydrogen) atoms. The van der Waals surface area contributed by atoms with Gasteiger partial charge in [-0.25, -0.2) is 4.79 Å². The second-order valence-corrected chi connectivity index (χ2v) is 4.38. The average Bonchev–Trinajstić information content (AvgIpc) is 2.32. The van der Waals surface area contributed by atoms with Crippen LogP contribution in [0.1, 0.15) is 27.7 Å². The second kappa shape index (κ2) is 8.69. The van der Waals surface area contributed by atoms with Gasteiger partial charge in [-0.05, 0) is 13.8 Å². The Morgan fingerprint density at radius 2 is 1.72 bits per heavy atom. The quantitative estimate of drug-likeness (QED) is 0.490. The average molecular weight is 258 g/mol.